The number of carbonyl (C=O) groups is 1. The maximum atomic E-state index is 13.0. The van der Waals surface area contributed by atoms with Crippen LogP contribution in [0.4, 0.5) is 0 Å². The molecule has 3 nitrogen and oxygen atoms in total. The fourth-order valence-corrected chi connectivity index (χ4v) is 5.15. The smallest absolute Gasteiger partial charge is 0.225 e. The highest BCUT2D eigenvalue weighted by atomic mass is 16.3. The first-order chi connectivity index (χ1) is 14.1. The third-order valence-corrected chi connectivity index (χ3v) is 7.01. The van der Waals surface area contributed by atoms with Crippen LogP contribution in [0.2, 0.25) is 0 Å². The van der Waals surface area contributed by atoms with Crippen molar-refractivity contribution in [2.45, 2.75) is 62.9 Å². The van der Waals surface area contributed by atoms with Crippen molar-refractivity contribution < 1.29 is 9.90 Å². The van der Waals surface area contributed by atoms with Gasteiger partial charge in [0.25, 0.3) is 0 Å². The maximum absolute atomic E-state index is 13.0. The summed E-state index contributed by atoms with van der Waals surface area (Å²) in [5.74, 6) is 0.990. The second-order valence-electron chi connectivity index (χ2n) is 9.01. The minimum absolute atomic E-state index is 0.157. The van der Waals surface area contributed by atoms with Crippen LogP contribution in [0.3, 0.4) is 0 Å². The van der Waals surface area contributed by atoms with Gasteiger partial charge in [-0.25, -0.2) is 0 Å². The number of piperidine rings is 1. The van der Waals surface area contributed by atoms with Crippen LogP contribution >= 0.6 is 0 Å². The first-order valence-electron chi connectivity index (χ1n) is 11.2. The van der Waals surface area contributed by atoms with Gasteiger partial charge in [-0.2, -0.15) is 0 Å². The van der Waals surface area contributed by atoms with Crippen LogP contribution in [0.5, 0.6) is 0 Å². The summed E-state index contributed by atoms with van der Waals surface area (Å²) in [5.41, 5.74) is 2.10. The second-order valence-corrected chi connectivity index (χ2v) is 9.01. The molecule has 4 rings (SSSR count). The molecule has 0 bridgehead atoms. The minimum Gasteiger partial charge on any atom is -0.390 e. The Morgan fingerprint density at radius 1 is 0.966 bits per heavy atom. The van der Waals surface area contributed by atoms with Gasteiger partial charge in [0, 0.05) is 19.0 Å². The van der Waals surface area contributed by atoms with Crippen LogP contribution in [-0.2, 0) is 11.2 Å². The normalized spacial score (nSPS) is 23.8. The van der Waals surface area contributed by atoms with Crippen molar-refractivity contribution in [1.82, 2.24) is 4.90 Å². The van der Waals surface area contributed by atoms with Crippen LogP contribution in [0.15, 0.2) is 60.7 Å². The van der Waals surface area contributed by atoms with Gasteiger partial charge in [0.05, 0.1) is 5.60 Å². The molecule has 3 heteroatoms. The molecule has 1 aliphatic heterocycles. The van der Waals surface area contributed by atoms with Crippen molar-refractivity contribution in [2.24, 2.45) is 5.92 Å². The molecule has 0 aromatic heterocycles. The van der Waals surface area contributed by atoms with Crippen molar-refractivity contribution in [1.29, 1.82) is 0 Å². The zero-order valence-corrected chi connectivity index (χ0v) is 17.3. The first kappa shape index (κ1) is 20.2. The number of hydrogen-bond acceptors (Lipinski definition) is 2. The molecule has 2 atom stereocenters. The molecule has 1 saturated heterocycles. The highest BCUT2D eigenvalue weighted by Crippen LogP contribution is 2.39. The molecule has 1 heterocycles. The molecule has 2 unspecified atom stereocenters. The van der Waals surface area contributed by atoms with Gasteiger partial charge >= 0.3 is 0 Å². The summed E-state index contributed by atoms with van der Waals surface area (Å²) in [5, 5.41) is 11.0. The Balaban J connectivity index is 1.23. The summed E-state index contributed by atoms with van der Waals surface area (Å²) in [7, 11) is 0. The second kappa shape index (κ2) is 9.13. The van der Waals surface area contributed by atoms with Crippen molar-refractivity contribution in [3.63, 3.8) is 0 Å². The van der Waals surface area contributed by atoms with Gasteiger partial charge in [0.1, 0.15) is 0 Å². The Bertz CT molecular complexity index is 781. The van der Waals surface area contributed by atoms with Crippen LogP contribution in [-0.4, -0.2) is 34.6 Å². The molecule has 2 aromatic carbocycles. The van der Waals surface area contributed by atoms with E-state index in [1.165, 1.54) is 11.1 Å². The fraction of sp³-hybridized carbons (Fsp3) is 0.500. The Kier molecular flexibility index (Phi) is 6.34. The molecule has 2 aromatic rings. The average molecular weight is 392 g/mol. The standard InChI is InChI=1S/C26H33NO2/c28-25(24-14-13-23(20-24)22-11-5-2-6-12-22)27-18-16-26(29,17-19-27)15-7-10-21-8-3-1-4-9-21/h1-6,8-9,11-12,23-24,29H,7,10,13-20H2. The van der Waals surface area contributed by atoms with E-state index < -0.39 is 5.60 Å². The Morgan fingerprint density at radius 3 is 2.31 bits per heavy atom. The van der Waals surface area contributed by atoms with E-state index in [1.807, 2.05) is 11.0 Å². The number of carbonyl (C=O) groups excluding carboxylic acids is 1. The van der Waals surface area contributed by atoms with E-state index in [1.54, 1.807) is 0 Å². The average Bonchev–Trinajstić information content (AvgIpc) is 3.25. The molecule has 1 amide bonds. The van der Waals surface area contributed by atoms with E-state index in [0.717, 1.165) is 38.5 Å². The van der Waals surface area contributed by atoms with E-state index >= 15 is 0 Å². The molecule has 1 aliphatic carbocycles. The number of likely N-dealkylation sites (tertiary alicyclic amines) is 1. The highest BCUT2D eigenvalue weighted by Gasteiger charge is 2.37. The quantitative estimate of drug-likeness (QED) is 0.757. The van der Waals surface area contributed by atoms with Gasteiger partial charge in [0.15, 0.2) is 0 Å². The van der Waals surface area contributed by atoms with Crippen LogP contribution in [0.1, 0.15) is 62.0 Å². The lowest BCUT2D eigenvalue weighted by molar-refractivity contribution is -0.139. The Hall–Kier alpha value is -2.13. The lowest BCUT2D eigenvalue weighted by Gasteiger charge is -2.39. The zero-order chi connectivity index (χ0) is 20.1. The number of aryl methyl sites for hydroxylation is 1. The van der Waals surface area contributed by atoms with E-state index in [9.17, 15) is 9.90 Å². The SMILES string of the molecule is O=C(C1CCC(c2ccccc2)C1)N1CCC(O)(CCCc2ccccc2)CC1. The van der Waals surface area contributed by atoms with Gasteiger partial charge in [-0.15, -0.1) is 0 Å². The maximum Gasteiger partial charge on any atom is 0.225 e. The molecule has 0 spiro atoms. The van der Waals surface area contributed by atoms with Gasteiger partial charge in [0.2, 0.25) is 5.91 Å². The third kappa shape index (κ3) is 5.08. The number of aliphatic hydroxyl groups is 1. The molecule has 154 valence electrons. The monoisotopic (exact) mass is 391 g/mol. The Labute approximate surface area is 174 Å². The molecule has 2 fully saturated rings. The van der Waals surface area contributed by atoms with E-state index in [-0.39, 0.29) is 5.92 Å². The van der Waals surface area contributed by atoms with Gasteiger partial charge < -0.3 is 10.0 Å². The first-order valence-corrected chi connectivity index (χ1v) is 11.2. The minimum atomic E-state index is -0.603. The number of amides is 1. The van der Waals surface area contributed by atoms with E-state index in [4.69, 9.17) is 0 Å². The molecular formula is C26H33NO2. The predicted molar refractivity (Wildman–Crippen MR) is 117 cm³/mol. The molecule has 1 N–H and O–H groups in total. The van der Waals surface area contributed by atoms with Gasteiger partial charge in [-0.1, -0.05) is 60.7 Å². The van der Waals surface area contributed by atoms with Gasteiger partial charge in [-0.3, -0.25) is 4.79 Å². The van der Waals surface area contributed by atoms with Crippen molar-refractivity contribution >= 4 is 5.91 Å². The zero-order valence-electron chi connectivity index (χ0n) is 17.3. The number of nitrogens with zero attached hydrogens (tertiary/aromatic N) is 1. The molecular weight excluding hydrogens is 358 g/mol. The van der Waals surface area contributed by atoms with E-state index in [0.29, 0.717) is 37.8 Å². The molecule has 1 saturated carbocycles. The van der Waals surface area contributed by atoms with Crippen LogP contribution in [0.25, 0.3) is 0 Å². The third-order valence-electron chi connectivity index (χ3n) is 7.01. The fourth-order valence-electron chi connectivity index (χ4n) is 5.15. The number of rotatable bonds is 6. The Morgan fingerprint density at radius 2 is 1.62 bits per heavy atom. The van der Waals surface area contributed by atoms with Crippen LogP contribution < -0.4 is 0 Å². The number of hydrogen-bond donors (Lipinski definition) is 1. The van der Waals surface area contributed by atoms with Crippen LogP contribution in [0, 0.1) is 5.92 Å². The number of benzene rings is 2. The lowest BCUT2D eigenvalue weighted by atomic mass is 9.85. The summed E-state index contributed by atoms with van der Waals surface area (Å²) in [6.45, 7) is 1.40. The van der Waals surface area contributed by atoms with Gasteiger partial charge in [-0.05, 0) is 68.4 Å². The highest BCUT2D eigenvalue weighted by molar-refractivity contribution is 5.79. The topological polar surface area (TPSA) is 40.5 Å². The molecule has 29 heavy (non-hydrogen) atoms. The summed E-state index contributed by atoms with van der Waals surface area (Å²) in [4.78, 5) is 15.0. The summed E-state index contributed by atoms with van der Waals surface area (Å²) >= 11 is 0. The van der Waals surface area contributed by atoms with Crippen molar-refractivity contribution in [2.75, 3.05) is 13.1 Å². The van der Waals surface area contributed by atoms with E-state index in [2.05, 4.69) is 54.6 Å². The van der Waals surface area contributed by atoms with Crippen molar-refractivity contribution in [3.05, 3.63) is 71.8 Å². The predicted octanol–water partition coefficient (Wildman–Crippen LogP) is 4.95. The molecule has 2 aliphatic rings. The summed E-state index contributed by atoms with van der Waals surface area (Å²) < 4.78 is 0. The largest absolute Gasteiger partial charge is 0.390 e. The summed E-state index contributed by atoms with van der Waals surface area (Å²) in [6.07, 6.45) is 7.33. The molecule has 0 radical (unpaired) electrons. The lowest BCUT2D eigenvalue weighted by Crippen LogP contribution is -2.48. The summed E-state index contributed by atoms with van der Waals surface area (Å²) in [6, 6.07) is 21.1. The van der Waals surface area contributed by atoms with Crippen molar-refractivity contribution in [3.8, 4) is 0 Å².